The molecule has 1 saturated carbocycles. The molecule has 0 aliphatic heterocycles. The zero-order valence-corrected chi connectivity index (χ0v) is 16.2. The first-order valence-corrected chi connectivity index (χ1v) is 8.44. The molecule has 0 aromatic heterocycles. The van der Waals surface area contributed by atoms with Crippen LogP contribution in [0.4, 0.5) is 0 Å². The van der Waals surface area contributed by atoms with Crippen LogP contribution in [0.25, 0.3) is 0 Å². The Morgan fingerprint density at radius 2 is 1.18 bits per heavy atom. The third-order valence-electron chi connectivity index (χ3n) is 3.93. The van der Waals surface area contributed by atoms with Gasteiger partial charge in [0.25, 0.3) is 0 Å². The fourth-order valence-electron chi connectivity index (χ4n) is 3.14. The minimum Gasteiger partial charge on any atom is -0.465 e. The third-order valence-corrected chi connectivity index (χ3v) is 3.93. The molecule has 0 heterocycles. The smallest absolute Gasteiger partial charge is 0.304 e. The summed E-state index contributed by atoms with van der Waals surface area (Å²) in [6.07, 6.45) is -5.67. The summed E-state index contributed by atoms with van der Waals surface area (Å²) in [7, 11) is 0. The topological polar surface area (TPSA) is 152 Å². The molecule has 0 spiro atoms. The quantitative estimate of drug-likeness (QED) is 0.331. The molecule has 158 valence electrons. The minimum absolute atomic E-state index is 0.369. The van der Waals surface area contributed by atoms with Crippen LogP contribution >= 0.6 is 0 Å². The maximum atomic E-state index is 11.6. The van der Waals surface area contributed by atoms with Gasteiger partial charge in [-0.15, -0.1) is 0 Å². The van der Waals surface area contributed by atoms with Gasteiger partial charge in [0.05, 0.1) is 11.8 Å². The van der Waals surface area contributed by atoms with E-state index in [0.717, 1.165) is 34.6 Å². The highest BCUT2D eigenvalue weighted by molar-refractivity contribution is 5.69. The number of rotatable bonds is 7. The Balaban J connectivity index is 3.40. The fourth-order valence-corrected chi connectivity index (χ4v) is 3.14. The summed E-state index contributed by atoms with van der Waals surface area (Å²) in [5, 5.41) is 10.4. The summed E-state index contributed by atoms with van der Waals surface area (Å²) in [4.78, 5) is 57.3. The van der Waals surface area contributed by atoms with Crippen LogP contribution in [-0.4, -0.2) is 66.2 Å². The Labute approximate surface area is 161 Å². The van der Waals surface area contributed by atoms with Crippen molar-refractivity contribution in [3.63, 3.8) is 0 Å². The molecule has 1 N–H and O–H groups in total. The van der Waals surface area contributed by atoms with Gasteiger partial charge in [-0.1, -0.05) is 0 Å². The lowest BCUT2D eigenvalue weighted by Crippen LogP contribution is -2.43. The van der Waals surface area contributed by atoms with E-state index in [-0.39, 0.29) is 6.61 Å². The summed E-state index contributed by atoms with van der Waals surface area (Å²) in [5.41, 5.74) is 0. The van der Waals surface area contributed by atoms with Crippen LogP contribution in [0.1, 0.15) is 34.6 Å². The molecule has 6 atom stereocenters. The van der Waals surface area contributed by atoms with Crippen molar-refractivity contribution in [3.05, 3.63) is 0 Å². The van der Waals surface area contributed by atoms with E-state index in [2.05, 4.69) is 0 Å². The summed E-state index contributed by atoms with van der Waals surface area (Å²) in [5.74, 6) is -6.07. The third kappa shape index (κ3) is 6.48. The SMILES string of the molecule is CC(=O)OCC1C(OC(C)=O)C(C(O)OC(C)=O)C(OC(C)=O)[C@@H]1OC(C)=O. The van der Waals surface area contributed by atoms with Gasteiger partial charge in [-0.3, -0.25) is 24.0 Å². The van der Waals surface area contributed by atoms with Crippen LogP contribution in [0, 0.1) is 11.8 Å². The van der Waals surface area contributed by atoms with Crippen LogP contribution < -0.4 is 0 Å². The molecule has 1 aliphatic rings. The van der Waals surface area contributed by atoms with Gasteiger partial charge < -0.3 is 28.8 Å². The summed E-state index contributed by atoms with van der Waals surface area (Å²) >= 11 is 0. The first kappa shape index (κ1) is 23.3. The number of esters is 5. The van der Waals surface area contributed by atoms with Gasteiger partial charge in [0.1, 0.15) is 18.8 Å². The van der Waals surface area contributed by atoms with E-state index in [1.54, 1.807) is 0 Å². The number of aliphatic hydroxyl groups is 1. The molecule has 0 aromatic carbocycles. The number of hydrogen-bond donors (Lipinski definition) is 1. The van der Waals surface area contributed by atoms with Crippen molar-refractivity contribution in [3.8, 4) is 0 Å². The van der Waals surface area contributed by atoms with Crippen LogP contribution in [0.15, 0.2) is 0 Å². The van der Waals surface area contributed by atoms with Crippen molar-refractivity contribution < 1.29 is 52.8 Å². The van der Waals surface area contributed by atoms with Gasteiger partial charge in [0, 0.05) is 34.6 Å². The maximum Gasteiger partial charge on any atom is 0.304 e. The second-order valence-electron chi connectivity index (χ2n) is 6.27. The Kier molecular flexibility index (Phi) is 8.35. The number of aliphatic hydroxyl groups excluding tert-OH is 1. The molecule has 1 rings (SSSR count). The van der Waals surface area contributed by atoms with Crippen LogP contribution in [0.2, 0.25) is 0 Å². The summed E-state index contributed by atoms with van der Waals surface area (Å²) in [6.45, 7) is 5.10. The second-order valence-corrected chi connectivity index (χ2v) is 6.27. The lowest BCUT2D eigenvalue weighted by Gasteiger charge is -2.28. The van der Waals surface area contributed by atoms with Gasteiger partial charge in [-0.05, 0) is 0 Å². The molecular weight excluding hydrogens is 380 g/mol. The van der Waals surface area contributed by atoms with Gasteiger partial charge in [0.2, 0.25) is 6.29 Å². The van der Waals surface area contributed by atoms with Crippen molar-refractivity contribution in [2.75, 3.05) is 6.61 Å². The van der Waals surface area contributed by atoms with Crippen LogP contribution in [0.3, 0.4) is 0 Å². The van der Waals surface area contributed by atoms with Crippen molar-refractivity contribution in [1.82, 2.24) is 0 Å². The van der Waals surface area contributed by atoms with Crippen molar-refractivity contribution in [2.45, 2.75) is 59.2 Å². The zero-order valence-electron chi connectivity index (χ0n) is 16.2. The van der Waals surface area contributed by atoms with E-state index >= 15 is 0 Å². The first-order chi connectivity index (χ1) is 12.9. The zero-order chi connectivity index (χ0) is 21.6. The van der Waals surface area contributed by atoms with E-state index in [9.17, 15) is 29.1 Å². The molecule has 11 heteroatoms. The molecular formula is C17H24O11. The van der Waals surface area contributed by atoms with E-state index in [1.165, 1.54) is 0 Å². The van der Waals surface area contributed by atoms with Crippen LogP contribution in [-0.2, 0) is 47.7 Å². The largest absolute Gasteiger partial charge is 0.465 e. The van der Waals surface area contributed by atoms with E-state index in [0.29, 0.717) is 0 Å². The van der Waals surface area contributed by atoms with Crippen molar-refractivity contribution in [2.24, 2.45) is 11.8 Å². The lowest BCUT2D eigenvalue weighted by molar-refractivity contribution is -0.201. The predicted octanol–water partition coefficient (Wildman–Crippen LogP) is -0.528. The standard InChI is InChI=1S/C17H24O11/c1-7(18)24-6-12-14(25-8(2)19)13(17(23)28-11(5)22)16(27-10(4)21)15(12)26-9(3)20/h12-17,23H,6H2,1-5H3/t12?,13?,14?,15-,16?,17?/m1/s1. The Morgan fingerprint density at radius 3 is 1.61 bits per heavy atom. The molecule has 0 amide bonds. The van der Waals surface area contributed by atoms with Crippen molar-refractivity contribution in [1.29, 1.82) is 0 Å². The Hall–Kier alpha value is -2.69. The molecule has 1 aliphatic carbocycles. The van der Waals surface area contributed by atoms with Gasteiger partial charge in [0.15, 0.2) is 6.10 Å². The molecule has 5 unspecified atom stereocenters. The molecule has 11 nitrogen and oxygen atoms in total. The molecule has 0 saturated heterocycles. The highest BCUT2D eigenvalue weighted by Crippen LogP contribution is 2.41. The van der Waals surface area contributed by atoms with Gasteiger partial charge >= 0.3 is 29.8 Å². The number of carbonyl (C=O) groups excluding carboxylic acids is 5. The molecule has 0 radical (unpaired) electrons. The molecule has 0 aromatic rings. The average molecular weight is 404 g/mol. The first-order valence-electron chi connectivity index (χ1n) is 8.44. The van der Waals surface area contributed by atoms with E-state index < -0.39 is 66.3 Å². The highest BCUT2D eigenvalue weighted by atomic mass is 16.6. The molecule has 0 bridgehead atoms. The number of ether oxygens (including phenoxy) is 5. The van der Waals surface area contributed by atoms with E-state index in [4.69, 9.17) is 23.7 Å². The Morgan fingerprint density at radius 1 is 0.714 bits per heavy atom. The normalized spacial score (nSPS) is 27.3. The molecule has 28 heavy (non-hydrogen) atoms. The minimum atomic E-state index is -1.86. The monoisotopic (exact) mass is 404 g/mol. The maximum absolute atomic E-state index is 11.6. The Bertz CT molecular complexity index is 629. The van der Waals surface area contributed by atoms with Gasteiger partial charge in [-0.25, -0.2) is 0 Å². The summed E-state index contributed by atoms with van der Waals surface area (Å²) < 4.78 is 25.4. The van der Waals surface area contributed by atoms with Crippen molar-refractivity contribution >= 4 is 29.8 Å². The van der Waals surface area contributed by atoms with Crippen LogP contribution in [0.5, 0.6) is 0 Å². The average Bonchev–Trinajstić information content (AvgIpc) is 2.75. The van der Waals surface area contributed by atoms with Gasteiger partial charge in [-0.2, -0.15) is 0 Å². The number of carbonyl (C=O) groups is 5. The number of hydrogen-bond acceptors (Lipinski definition) is 11. The second kappa shape index (κ2) is 10.0. The molecule has 1 fully saturated rings. The fraction of sp³-hybridized carbons (Fsp3) is 0.706. The predicted molar refractivity (Wildman–Crippen MR) is 88.0 cm³/mol. The van der Waals surface area contributed by atoms with E-state index in [1.807, 2.05) is 0 Å². The lowest BCUT2D eigenvalue weighted by atomic mass is 9.99. The highest BCUT2D eigenvalue weighted by Gasteiger charge is 2.60. The summed E-state index contributed by atoms with van der Waals surface area (Å²) in [6, 6.07) is 0.